The smallest absolute Gasteiger partial charge is 0.329 e. The summed E-state index contributed by atoms with van der Waals surface area (Å²) in [7, 11) is 0. The number of amides is 2. The van der Waals surface area contributed by atoms with Gasteiger partial charge in [-0.05, 0) is 42.0 Å². The average Bonchev–Trinajstić information content (AvgIpc) is 3.49. The highest BCUT2D eigenvalue weighted by Crippen LogP contribution is 2.32. The van der Waals surface area contributed by atoms with Crippen LogP contribution in [-0.2, 0) is 20.9 Å². The Labute approximate surface area is 171 Å². The highest BCUT2D eigenvalue weighted by molar-refractivity contribution is 7.12. The van der Waals surface area contributed by atoms with E-state index in [-0.39, 0.29) is 25.9 Å². The summed E-state index contributed by atoms with van der Waals surface area (Å²) in [4.78, 5) is 39.1. The number of nitrogens with zero attached hydrogens (tertiary/aromatic N) is 1. The van der Waals surface area contributed by atoms with E-state index in [2.05, 4.69) is 5.32 Å². The van der Waals surface area contributed by atoms with Crippen LogP contribution in [0.4, 0.5) is 0 Å². The van der Waals surface area contributed by atoms with Gasteiger partial charge in [0.1, 0.15) is 6.04 Å². The number of hydrogen-bond acceptors (Lipinski definition) is 7. The number of thiophene rings is 1. The molecule has 8 nitrogen and oxygen atoms in total. The molecule has 1 unspecified atom stereocenters. The van der Waals surface area contributed by atoms with Gasteiger partial charge < -0.3 is 24.4 Å². The molecular weight excluding hydrogens is 396 g/mol. The number of carbonyl (C=O) groups excluding carboxylic acids is 3. The van der Waals surface area contributed by atoms with Crippen LogP contribution >= 0.6 is 11.3 Å². The minimum atomic E-state index is -0.647. The molecule has 4 rings (SSSR count). The van der Waals surface area contributed by atoms with Gasteiger partial charge in [-0.3, -0.25) is 9.59 Å². The standard InChI is InChI=1S/C20H20N2O6S/c23-18(21-10-13-5-6-15-16(9-13)28-12-27-15)11-26-20(25)14-3-1-7-22(14)19(24)17-4-2-8-29-17/h2,4-6,8-9,14H,1,3,7,10-12H2,(H,21,23). The van der Waals surface area contributed by atoms with E-state index in [9.17, 15) is 14.4 Å². The van der Waals surface area contributed by atoms with Crippen LogP contribution in [0.1, 0.15) is 28.1 Å². The third-order valence-corrected chi connectivity index (χ3v) is 5.65. The van der Waals surface area contributed by atoms with Crippen molar-refractivity contribution >= 4 is 29.1 Å². The van der Waals surface area contributed by atoms with Crippen LogP contribution in [-0.4, -0.2) is 48.7 Å². The number of carbonyl (C=O) groups is 3. The molecule has 152 valence electrons. The van der Waals surface area contributed by atoms with Crippen LogP contribution in [0.5, 0.6) is 11.5 Å². The highest BCUT2D eigenvalue weighted by Gasteiger charge is 2.36. The van der Waals surface area contributed by atoms with E-state index in [1.165, 1.54) is 16.2 Å². The summed E-state index contributed by atoms with van der Waals surface area (Å²) in [6.45, 7) is 0.585. The number of benzene rings is 1. The quantitative estimate of drug-likeness (QED) is 0.724. The van der Waals surface area contributed by atoms with Crippen LogP contribution in [0.2, 0.25) is 0 Å². The molecule has 1 aromatic carbocycles. The molecule has 2 amide bonds. The van der Waals surface area contributed by atoms with Crippen molar-refractivity contribution in [2.45, 2.75) is 25.4 Å². The Bertz CT molecular complexity index is 914. The zero-order chi connectivity index (χ0) is 20.2. The number of esters is 1. The Hall–Kier alpha value is -3.07. The zero-order valence-corrected chi connectivity index (χ0v) is 16.4. The predicted octanol–water partition coefficient (Wildman–Crippen LogP) is 1.94. The van der Waals surface area contributed by atoms with Gasteiger partial charge in [0.2, 0.25) is 6.79 Å². The van der Waals surface area contributed by atoms with E-state index in [1.807, 2.05) is 11.4 Å². The summed E-state index contributed by atoms with van der Waals surface area (Å²) < 4.78 is 15.7. The molecule has 2 aromatic rings. The lowest BCUT2D eigenvalue weighted by Crippen LogP contribution is -2.42. The van der Waals surface area contributed by atoms with Gasteiger partial charge in [-0.1, -0.05) is 12.1 Å². The lowest BCUT2D eigenvalue weighted by Gasteiger charge is -2.22. The van der Waals surface area contributed by atoms with Gasteiger partial charge in [0.15, 0.2) is 18.1 Å². The second kappa shape index (κ2) is 8.52. The van der Waals surface area contributed by atoms with Crippen molar-refractivity contribution in [2.75, 3.05) is 19.9 Å². The Morgan fingerprint density at radius 2 is 2.07 bits per heavy atom. The van der Waals surface area contributed by atoms with Gasteiger partial charge in [-0.2, -0.15) is 0 Å². The highest BCUT2D eigenvalue weighted by atomic mass is 32.1. The summed E-state index contributed by atoms with van der Waals surface area (Å²) in [5.41, 5.74) is 0.845. The van der Waals surface area contributed by atoms with Crippen LogP contribution in [0.3, 0.4) is 0 Å². The monoisotopic (exact) mass is 416 g/mol. The minimum absolute atomic E-state index is 0.174. The van der Waals surface area contributed by atoms with Crippen LogP contribution in [0, 0.1) is 0 Å². The summed E-state index contributed by atoms with van der Waals surface area (Å²) >= 11 is 1.34. The number of hydrogen-bond donors (Lipinski definition) is 1. The number of ether oxygens (including phenoxy) is 3. The molecular formula is C20H20N2O6S. The summed E-state index contributed by atoms with van der Waals surface area (Å²) in [5.74, 6) is 0.176. The van der Waals surface area contributed by atoms with E-state index >= 15 is 0 Å². The summed E-state index contributed by atoms with van der Waals surface area (Å²) in [6, 6.07) is 8.28. The van der Waals surface area contributed by atoms with E-state index in [0.29, 0.717) is 29.3 Å². The van der Waals surface area contributed by atoms with Crippen molar-refractivity contribution in [3.05, 3.63) is 46.2 Å². The van der Waals surface area contributed by atoms with Gasteiger partial charge in [0, 0.05) is 13.1 Å². The normalized spacial score (nSPS) is 17.2. The molecule has 2 aliphatic rings. The third kappa shape index (κ3) is 4.34. The first-order chi connectivity index (χ1) is 14.1. The van der Waals surface area contributed by atoms with Crippen LogP contribution < -0.4 is 14.8 Å². The lowest BCUT2D eigenvalue weighted by atomic mass is 10.2. The maximum absolute atomic E-state index is 12.5. The van der Waals surface area contributed by atoms with Gasteiger partial charge in [-0.15, -0.1) is 11.3 Å². The molecule has 0 spiro atoms. The SMILES string of the molecule is O=C(COC(=O)C1CCCN1C(=O)c1cccs1)NCc1ccc2c(c1)OCO2. The number of likely N-dealkylation sites (tertiary alicyclic amines) is 1. The first-order valence-corrected chi connectivity index (χ1v) is 10.2. The molecule has 0 aliphatic carbocycles. The minimum Gasteiger partial charge on any atom is -0.454 e. The van der Waals surface area contributed by atoms with E-state index in [0.717, 1.165) is 12.0 Å². The number of rotatable bonds is 6. The molecule has 1 N–H and O–H groups in total. The Balaban J connectivity index is 1.25. The van der Waals surface area contributed by atoms with Gasteiger partial charge in [-0.25, -0.2) is 4.79 Å². The molecule has 2 aliphatic heterocycles. The first-order valence-electron chi connectivity index (χ1n) is 9.28. The molecule has 29 heavy (non-hydrogen) atoms. The molecule has 9 heteroatoms. The Morgan fingerprint density at radius 3 is 2.90 bits per heavy atom. The van der Waals surface area contributed by atoms with Crippen molar-refractivity contribution in [3.63, 3.8) is 0 Å². The zero-order valence-electron chi connectivity index (χ0n) is 15.6. The van der Waals surface area contributed by atoms with Crippen molar-refractivity contribution in [2.24, 2.45) is 0 Å². The number of nitrogens with one attached hydrogen (secondary N) is 1. The molecule has 1 saturated heterocycles. The largest absolute Gasteiger partial charge is 0.454 e. The molecule has 0 saturated carbocycles. The maximum Gasteiger partial charge on any atom is 0.329 e. The van der Waals surface area contributed by atoms with E-state index in [1.54, 1.807) is 24.3 Å². The molecule has 1 atom stereocenters. The molecule has 3 heterocycles. The fourth-order valence-electron chi connectivity index (χ4n) is 3.33. The predicted molar refractivity (Wildman–Crippen MR) is 104 cm³/mol. The summed E-state index contributed by atoms with van der Waals surface area (Å²) in [6.07, 6.45) is 1.27. The van der Waals surface area contributed by atoms with Crippen LogP contribution in [0.25, 0.3) is 0 Å². The second-order valence-corrected chi connectivity index (χ2v) is 7.65. The van der Waals surface area contributed by atoms with Gasteiger partial charge >= 0.3 is 5.97 Å². The third-order valence-electron chi connectivity index (χ3n) is 4.79. The van der Waals surface area contributed by atoms with Gasteiger partial charge in [0.25, 0.3) is 11.8 Å². The van der Waals surface area contributed by atoms with Crippen molar-refractivity contribution < 1.29 is 28.6 Å². The molecule has 1 aromatic heterocycles. The summed E-state index contributed by atoms with van der Waals surface area (Å²) in [5, 5.41) is 4.52. The Kier molecular flexibility index (Phi) is 5.66. The molecule has 1 fully saturated rings. The van der Waals surface area contributed by atoms with Crippen LogP contribution in [0.15, 0.2) is 35.7 Å². The lowest BCUT2D eigenvalue weighted by molar-refractivity contribution is -0.152. The topological polar surface area (TPSA) is 94.2 Å². The fraction of sp³-hybridized carbons (Fsp3) is 0.350. The van der Waals surface area contributed by atoms with E-state index < -0.39 is 17.9 Å². The fourth-order valence-corrected chi connectivity index (χ4v) is 4.01. The van der Waals surface area contributed by atoms with E-state index in [4.69, 9.17) is 14.2 Å². The molecule has 0 bridgehead atoms. The average molecular weight is 416 g/mol. The van der Waals surface area contributed by atoms with Crippen molar-refractivity contribution in [1.29, 1.82) is 0 Å². The van der Waals surface area contributed by atoms with Gasteiger partial charge in [0.05, 0.1) is 4.88 Å². The Morgan fingerprint density at radius 1 is 1.21 bits per heavy atom. The number of fused-ring (bicyclic) bond motifs is 1. The first kappa shape index (κ1) is 19.3. The van der Waals surface area contributed by atoms with Crippen molar-refractivity contribution in [3.8, 4) is 11.5 Å². The maximum atomic E-state index is 12.5. The second-order valence-electron chi connectivity index (χ2n) is 6.71. The molecule has 0 radical (unpaired) electrons. The van der Waals surface area contributed by atoms with Crippen molar-refractivity contribution in [1.82, 2.24) is 10.2 Å².